The molecule has 1 amide bonds. The number of benzene rings is 1. The van der Waals surface area contributed by atoms with Gasteiger partial charge in [0.05, 0.1) is 24.1 Å². The van der Waals surface area contributed by atoms with E-state index in [1.54, 1.807) is 26.6 Å². The summed E-state index contributed by atoms with van der Waals surface area (Å²) >= 11 is 1.59. The zero-order chi connectivity index (χ0) is 20.9. The van der Waals surface area contributed by atoms with Crippen molar-refractivity contribution in [3.05, 3.63) is 46.2 Å². The molecular weight excluding hydrogens is 408 g/mol. The molecule has 158 valence electrons. The molecular formula is C21H28N2O4S2. The zero-order valence-electron chi connectivity index (χ0n) is 17.0. The largest absolute Gasteiger partial charge is 0.496 e. The molecule has 0 radical (unpaired) electrons. The van der Waals surface area contributed by atoms with E-state index >= 15 is 0 Å². The van der Waals surface area contributed by atoms with Crippen LogP contribution >= 0.6 is 11.3 Å². The monoisotopic (exact) mass is 436 g/mol. The highest BCUT2D eigenvalue weighted by atomic mass is 32.2. The molecule has 1 saturated heterocycles. The van der Waals surface area contributed by atoms with Gasteiger partial charge in [-0.1, -0.05) is 18.9 Å². The summed E-state index contributed by atoms with van der Waals surface area (Å²) in [7, 11) is -2.15. The van der Waals surface area contributed by atoms with E-state index in [2.05, 4.69) is 0 Å². The Morgan fingerprint density at radius 1 is 1.17 bits per heavy atom. The molecule has 1 aromatic heterocycles. The van der Waals surface area contributed by atoms with Crippen LogP contribution < -0.4 is 4.74 Å². The molecule has 0 bridgehead atoms. The second-order valence-electron chi connectivity index (χ2n) is 7.08. The molecule has 0 spiro atoms. The van der Waals surface area contributed by atoms with Gasteiger partial charge in [-0.25, -0.2) is 8.42 Å². The Labute approximate surface area is 177 Å². The molecule has 1 fully saturated rings. The average Bonchev–Trinajstić information content (AvgIpc) is 3.09. The number of amides is 1. The summed E-state index contributed by atoms with van der Waals surface area (Å²) in [6.07, 6.45) is 3.83. The van der Waals surface area contributed by atoms with Crippen molar-refractivity contribution in [1.29, 1.82) is 0 Å². The minimum atomic E-state index is -3.64. The predicted octanol–water partition coefficient (Wildman–Crippen LogP) is 3.98. The maximum atomic E-state index is 13.2. The molecule has 1 aromatic carbocycles. The topological polar surface area (TPSA) is 66.9 Å². The molecule has 0 N–H and O–H groups in total. The minimum Gasteiger partial charge on any atom is -0.496 e. The van der Waals surface area contributed by atoms with Gasteiger partial charge in [-0.15, -0.1) is 11.3 Å². The van der Waals surface area contributed by atoms with Gasteiger partial charge >= 0.3 is 0 Å². The summed E-state index contributed by atoms with van der Waals surface area (Å²) in [6.45, 7) is 3.96. The third kappa shape index (κ3) is 4.99. The van der Waals surface area contributed by atoms with Gasteiger partial charge in [0.2, 0.25) is 10.0 Å². The molecule has 3 rings (SSSR count). The number of rotatable bonds is 7. The summed E-state index contributed by atoms with van der Waals surface area (Å²) in [6, 6.07) is 8.52. The van der Waals surface area contributed by atoms with Crippen LogP contribution in [0.3, 0.4) is 0 Å². The van der Waals surface area contributed by atoms with Crippen molar-refractivity contribution in [3.8, 4) is 5.75 Å². The van der Waals surface area contributed by atoms with Gasteiger partial charge in [-0.05, 0) is 49.4 Å². The van der Waals surface area contributed by atoms with Crippen molar-refractivity contribution in [3.63, 3.8) is 0 Å². The van der Waals surface area contributed by atoms with E-state index in [0.29, 0.717) is 31.9 Å². The molecule has 29 heavy (non-hydrogen) atoms. The van der Waals surface area contributed by atoms with Crippen LogP contribution in [0.2, 0.25) is 0 Å². The maximum Gasteiger partial charge on any atom is 0.257 e. The van der Waals surface area contributed by atoms with Crippen LogP contribution in [0.4, 0.5) is 0 Å². The van der Waals surface area contributed by atoms with Crippen LogP contribution in [0.1, 0.15) is 47.8 Å². The average molecular weight is 437 g/mol. The second-order valence-corrected chi connectivity index (χ2v) is 10.0. The van der Waals surface area contributed by atoms with Crippen LogP contribution in [0.15, 0.2) is 40.6 Å². The number of carbonyl (C=O) groups excluding carboxylic acids is 1. The lowest BCUT2D eigenvalue weighted by atomic mass is 10.1. The van der Waals surface area contributed by atoms with Crippen LogP contribution in [0, 0.1) is 0 Å². The van der Waals surface area contributed by atoms with E-state index in [4.69, 9.17) is 4.74 Å². The minimum absolute atomic E-state index is 0.149. The first kappa shape index (κ1) is 21.8. The fraction of sp³-hybridized carbons (Fsp3) is 0.476. The number of methoxy groups -OCH3 is 1. The van der Waals surface area contributed by atoms with Crippen LogP contribution in [-0.2, 0) is 16.6 Å². The Morgan fingerprint density at radius 2 is 1.90 bits per heavy atom. The van der Waals surface area contributed by atoms with Crippen molar-refractivity contribution in [1.82, 2.24) is 9.21 Å². The van der Waals surface area contributed by atoms with Gasteiger partial charge in [0.25, 0.3) is 5.91 Å². The lowest BCUT2D eigenvalue weighted by Gasteiger charge is -2.23. The number of hydrogen-bond acceptors (Lipinski definition) is 5. The molecule has 0 aliphatic carbocycles. The highest BCUT2D eigenvalue weighted by molar-refractivity contribution is 7.89. The SMILES string of the molecule is CCN(Cc1cccs1)C(=O)c1cc(S(=O)(=O)N2CCCCCC2)ccc1OC. The summed E-state index contributed by atoms with van der Waals surface area (Å²) in [5.74, 6) is 0.153. The summed E-state index contributed by atoms with van der Waals surface area (Å²) in [5.41, 5.74) is 0.279. The van der Waals surface area contributed by atoms with Crippen LogP contribution in [0.25, 0.3) is 0 Å². The standard InChI is InChI=1S/C21H28N2O4S2/c1-3-22(16-17-9-8-14-28-17)21(24)19-15-18(10-11-20(19)27-2)29(25,26)23-12-6-4-5-7-13-23/h8-11,14-15H,3-7,12-13,16H2,1-2H3. The van der Waals surface area contributed by atoms with Crippen LogP contribution in [0.5, 0.6) is 5.75 Å². The molecule has 1 aliphatic rings. The van der Waals surface area contributed by atoms with Gasteiger partial charge in [-0.2, -0.15) is 4.31 Å². The maximum absolute atomic E-state index is 13.2. The number of ether oxygens (including phenoxy) is 1. The third-order valence-corrected chi connectivity index (χ3v) is 7.96. The highest BCUT2D eigenvalue weighted by Gasteiger charge is 2.28. The van der Waals surface area contributed by atoms with E-state index in [1.807, 2.05) is 24.4 Å². The smallest absolute Gasteiger partial charge is 0.257 e. The van der Waals surface area contributed by atoms with Crippen molar-refractivity contribution in [2.75, 3.05) is 26.7 Å². The number of carbonyl (C=O) groups is 1. The van der Waals surface area contributed by atoms with Crippen molar-refractivity contribution in [2.24, 2.45) is 0 Å². The molecule has 0 saturated carbocycles. The molecule has 0 atom stereocenters. The van der Waals surface area contributed by atoms with E-state index in [0.717, 1.165) is 30.6 Å². The number of nitrogens with zero attached hydrogens (tertiary/aromatic N) is 2. The Hall–Kier alpha value is -1.90. The van der Waals surface area contributed by atoms with E-state index in [9.17, 15) is 13.2 Å². The Kier molecular flexibility index (Phi) is 7.32. The van der Waals surface area contributed by atoms with E-state index < -0.39 is 10.0 Å². The first-order valence-corrected chi connectivity index (χ1v) is 12.3. The van der Waals surface area contributed by atoms with Gasteiger partial charge in [0.1, 0.15) is 5.75 Å². The number of sulfonamides is 1. The third-order valence-electron chi connectivity index (χ3n) is 5.20. The predicted molar refractivity (Wildman–Crippen MR) is 115 cm³/mol. The molecule has 2 heterocycles. The molecule has 8 heteroatoms. The van der Waals surface area contributed by atoms with Gasteiger partial charge in [0, 0.05) is 24.5 Å². The summed E-state index contributed by atoms with van der Waals surface area (Å²) in [4.78, 5) is 16.2. The van der Waals surface area contributed by atoms with Gasteiger partial charge < -0.3 is 9.64 Å². The quantitative estimate of drug-likeness (QED) is 0.658. The highest BCUT2D eigenvalue weighted by Crippen LogP contribution is 2.28. The summed E-state index contributed by atoms with van der Waals surface area (Å²) < 4.78 is 33.3. The normalized spacial score (nSPS) is 15.7. The Balaban J connectivity index is 1.92. The van der Waals surface area contributed by atoms with E-state index in [1.165, 1.54) is 19.2 Å². The van der Waals surface area contributed by atoms with Crippen molar-refractivity contribution < 1.29 is 17.9 Å². The first-order valence-electron chi connectivity index (χ1n) is 9.97. The number of hydrogen-bond donors (Lipinski definition) is 0. The number of thiophene rings is 1. The van der Waals surface area contributed by atoms with Crippen molar-refractivity contribution >= 4 is 27.3 Å². The van der Waals surface area contributed by atoms with E-state index in [-0.39, 0.29) is 16.4 Å². The fourth-order valence-corrected chi connectivity index (χ4v) is 5.80. The molecule has 2 aromatic rings. The molecule has 1 aliphatic heterocycles. The fourth-order valence-electron chi connectivity index (χ4n) is 3.53. The van der Waals surface area contributed by atoms with Gasteiger partial charge in [-0.3, -0.25) is 4.79 Å². The molecule has 0 unspecified atom stereocenters. The Morgan fingerprint density at radius 3 is 2.48 bits per heavy atom. The Bertz CT molecular complexity index is 918. The lowest BCUT2D eigenvalue weighted by molar-refractivity contribution is 0.0750. The van der Waals surface area contributed by atoms with Gasteiger partial charge in [0.15, 0.2) is 0 Å². The molecule has 6 nitrogen and oxygen atoms in total. The first-order chi connectivity index (χ1) is 14.0. The van der Waals surface area contributed by atoms with Crippen LogP contribution in [-0.4, -0.2) is 50.3 Å². The summed E-state index contributed by atoms with van der Waals surface area (Å²) in [5, 5.41) is 1.97. The van der Waals surface area contributed by atoms with Crippen molar-refractivity contribution in [2.45, 2.75) is 44.0 Å². The lowest BCUT2D eigenvalue weighted by Crippen LogP contribution is -2.33. The second kappa shape index (κ2) is 9.73. The zero-order valence-corrected chi connectivity index (χ0v) is 18.6.